The maximum atomic E-state index is 12.8. The van der Waals surface area contributed by atoms with Gasteiger partial charge < -0.3 is 10.6 Å². The van der Waals surface area contributed by atoms with Crippen LogP contribution in [0.15, 0.2) is 48.5 Å². The zero-order valence-corrected chi connectivity index (χ0v) is 12.5. The van der Waals surface area contributed by atoms with E-state index in [4.69, 9.17) is 11.6 Å². The summed E-state index contributed by atoms with van der Waals surface area (Å²) in [5.41, 5.74) is 0.866. The van der Waals surface area contributed by atoms with Crippen LogP contribution in [0.2, 0.25) is 5.02 Å². The van der Waals surface area contributed by atoms with E-state index >= 15 is 0 Å². The first-order valence-corrected chi connectivity index (χ1v) is 6.96. The zero-order valence-electron chi connectivity index (χ0n) is 11.8. The first-order valence-electron chi connectivity index (χ1n) is 6.58. The molecule has 0 radical (unpaired) electrons. The van der Waals surface area contributed by atoms with Crippen molar-refractivity contribution in [2.75, 3.05) is 5.32 Å². The number of benzene rings is 2. The van der Waals surface area contributed by atoms with Crippen LogP contribution in [0.5, 0.6) is 0 Å². The first kappa shape index (κ1) is 16.0. The van der Waals surface area contributed by atoms with Gasteiger partial charge in [-0.25, -0.2) is 4.39 Å². The molecule has 114 valence electrons. The van der Waals surface area contributed by atoms with Crippen LogP contribution in [0.3, 0.4) is 0 Å². The molecule has 2 N–H and O–H groups in total. The fraction of sp³-hybridized carbons (Fsp3) is 0.125. The van der Waals surface area contributed by atoms with Gasteiger partial charge in [0.15, 0.2) is 0 Å². The third kappa shape index (κ3) is 4.30. The molecule has 6 heteroatoms. The van der Waals surface area contributed by atoms with E-state index in [1.807, 2.05) is 0 Å². The molecule has 2 aromatic carbocycles. The third-order valence-corrected chi connectivity index (χ3v) is 3.21. The zero-order chi connectivity index (χ0) is 16.1. The van der Waals surface area contributed by atoms with Crippen molar-refractivity contribution in [2.24, 2.45) is 0 Å². The average Bonchev–Trinajstić information content (AvgIpc) is 2.50. The second-order valence-corrected chi connectivity index (χ2v) is 5.13. The van der Waals surface area contributed by atoms with Crippen LogP contribution in [0.4, 0.5) is 10.1 Å². The van der Waals surface area contributed by atoms with E-state index in [1.54, 1.807) is 31.2 Å². The standard InChI is InChI=1S/C16H14ClFN2O2/c1-10(15(21)20-14-8-6-13(18)7-9-14)19-16(22)11-2-4-12(17)5-3-11/h2-10H,1H3,(H,19,22)(H,20,21). The minimum absolute atomic E-state index is 0.376. The number of anilines is 1. The SMILES string of the molecule is CC(NC(=O)c1ccc(Cl)cc1)C(=O)Nc1ccc(F)cc1. The Morgan fingerprint density at radius 2 is 1.64 bits per heavy atom. The van der Waals surface area contributed by atoms with Crippen LogP contribution >= 0.6 is 11.6 Å². The summed E-state index contributed by atoms with van der Waals surface area (Å²) in [5, 5.41) is 5.70. The van der Waals surface area contributed by atoms with E-state index in [-0.39, 0.29) is 11.7 Å². The summed E-state index contributed by atoms with van der Waals surface area (Å²) in [7, 11) is 0. The minimum Gasteiger partial charge on any atom is -0.341 e. The van der Waals surface area contributed by atoms with Crippen molar-refractivity contribution >= 4 is 29.1 Å². The molecule has 0 aliphatic rings. The largest absolute Gasteiger partial charge is 0.341 e. The lowest BCUT2D eigenvalue weighted by molar-refractivity contribution is -0.117. The topological polar surface area (TPSA) is 58.2 Å². The van der Waals surface area contributed by atoms with Gasteiger partial charge in [-0.05, 0) is 55.5 Å². The van der Waals surface area contributed by atoms with Gasteiger partial charge in [-0.15, -0.1) is 0 Å². The molecule has 22 heavy (non-hydrogen) atoms. The summed E-state index contributed by atoms with van der Waals surface area (Å²) >= 11 is 5.75. The van der Waals surface area contributed by atoms with E-state index in [1.165, 1.54) is 24.3 Å². The molecule has 0 saturated carbocycles. The maximum absolute atomic E-state index is 12.8. The summed E-state index contributed by atoms with van der Waals surface area (Å²) in [5.74, 6) is -1.16. The second kappa shape index (κ2) is 7.04. The summed E-state index contributed by atoms with van der Waals surface area (Å²) in [4.78, 5) is 24.0. The Morgan fingerprint density at radius 3 is 2.23 bits per heavy atom. The van der Waals surface area contributed by atoms with E-state index in [0.717, 1.165) is 0 Å². The average molecular weight is 321 g/mol. The van der Waals surface area contributed by atoms with Gasteiger partial charge >= 0.3 is 0 Å². The predicted octanol–water partition coefficient (Wildman–Crippen LogP) is 3.24. The molecule has 0 aliphatic carbocycles. The smallest absolute Gasteiger partial charge is 0.251 e. The molecule has 2 rings (SSSR count). The van der Waals surface area contributed by atoms with Crippen LogP contribution in [0, 0.1) is 5.82 Å². The van der Waals surface area contributed by atoms with Crippen molar-refractivity contribution in [1.82, 2.24) is 5.32 Å². The lowest BCUT2D eigenvalue weighted by atomic mass is 10.2. The minimum atomic E-state index is -0.742. The number of carbonyl (C=O) groups excluding carboxylic acids is 2. The van der Waals surface area contributed by atoms with E-state index in [9.17, 15) is 14.0 Å². The number of nitrogens with one attached hydrogen (secondary N) is 2. The van der Waals surface area contributed by atoms with E-state index < -0.39 is 11.9 Å². The molecule has 0 bridgehead atoms. The van der Waals surface area contributed by atoms with Gasteiger partial charge in [0.05, 0.1) is 0 Å². The Balaban J connectivity index is 1.94. The number of hydrogen-bond acceptors (Lipinski definition) is 2. The van der Waals surface area contributed by atoms with E-state index in [2.05, 4.69) is 10.6 Å². The normalized spacial score (nSPS) is 11.6. The molecule has 1 unspecified atom stereocenters. The van der Waals surface area contributed by atoms with Gasteiger partial charge in [0.1, 0.15) is 11.9 Å². The Morgan fingerprint density at radius 1 is 1.05 bits per heavy atom. The second-order valence-electron chi connectivity index (χ2n) is 4.70. The van der Waals surface area contributed by atoms with Gasteiger partial charge in [-0.1, -0.05) is 11.6 Å². The number of hydrogen-bond donors (Lipinski definition) is 2. The molecular weight excluding hydrogens is 307 g/mol. The van der Waals surface area contributed by atoms with Crippen molar-refractivity contribution in [1.29, 1.82) is 0 Å². The van der Waals surface area contributed by atoms with Crippen LogP contribution < -0.4 is 10.6 Å². The predicted molar refractivity (Wildman–Crippen MR) is 83.4 cm³/mol. The Labute approximate surface area is 132 Å². The fourth-order valence-corrected chi connectivity index (χ4v) is 1.86. The van der Waals surface area contributed by atoms with Crippen LogP contribution in [-0.2, 0) is 4.79 Å². The van der Waals surface area contributed by atoms with Crippen LogP contribution in [0.1, 0.15) is 17.3 Å². The molecule has 0 heterocycles. The summed E-state index contributed by atoms with van der Waals surface area (Å²) in [6.45, 7) is 1.56. The van der Waals surface area contributed by atoms with Crippen molar-refractivity contribution in [2.45, 2.75) is 13.0 Å². The van der Waals surface area contributed by atoms with Crippen LogP contribution in [-0.4, -0.2) is 17.9 Å². The van der Waals surface area contributed by atoms with Gasteiger partial charge in [-0.2, -0.15) is 0 Å². The molecule has 2 aromatic rings. The van der Waals surface area contributed by atoms with Crippen molar-refractivity contribution in [3.05, 3.63) is 64.9 Å². The quantitative estimate of drug-likeness (QED) is 0.908. The summed E-state index contributed by atoms with van der Waals surface area (Å²) < 4.78 is 12.8. The highest BCUT2D eigenvalue weighted by Crippen LogP contribution is 2.10. The fourth-order valence-electron chi connectivity index (χ4n) is 1.73. The number of rotatable bonds is 4. The molecule has 2 amide bonds. The third-order valence-electron chi connectivity index (χ3n) is 2.96. The molecule has 0 aliphatic heterocycles. The Hall–Kier alpha value is -2.40. The molecule has 0 saturated heterocycles. The summed E-state index contributed by atoms with van der Waals surface area (Å²) in [6.07, 6.45) is 0. The molecule has 0 aromatic heterocycles. The Bertz CT molecular complexity index is 672. The molecule has 0 spiro atoms. The van der Waals surface area contributed by atoms with E-state index in [0.29, 0.717) is 16.3 Å². The highest BCUT2D eigenvalue weighted by Gasteiger charge is 2.16. The first-order chi connectivity index (χ1) is 10.5. The molecule has 4 nitrogen and oxygen atoms in total. The lowest BCUT2D eigenvalue weighted by Gasteiger charge is -2.14. The monoisotopic (exact) mass is 320 g/mol. The van der Waals surface area contributed by atoms with Crippen molar-refractivity contribution in [3.63, 3.8) is 0 Å². The number of amides is 2. The summed E-state index contributed by atoms with van der Waals surface area (Å²) in [6, 6.07) is 11.0. The maximum Gasteiger partial charge on any atom is 0.251 e. The lowest BCUT2D eigenvalue weighted by Crippen LogP contribution is -2.41. The molecule has 1 atom stereocenters. The number of halogens is 2. The van der Waals surface area contributed by atoms with Crippen LogP contribution in [0.25, 0.3) is 0 Å². The molecule has 0 fully saturated rings. The van der Waals surface area contributed by atoms with Gasteiger partial charge in [-0.3, -0.25) is 9.59 Å². The van der Waals surface area contributed by atoms with Crippen molar-refractivity contribution in [3.8, 4) is 0 Å². The van der Waals surface area contributed by atoms with Gasteiger partial charge in [0.25, 0.3) is 5.91 Å². The van der Waals surface area contributed by atoms with Crippen molar-refractivity contribution < 1.29 is 14.0 Å². The Kier molecular flexibility index (Phi) is 5.12. The molecular formula is C16H14ClFN2O2. The highest BCUT2D eigenvalue weighted by molar-refractivity contribution is 6.30. The highest BCUT2D eigenvalue weighted by atomic mass is 35.5. The van der Waals surface area contributed by atoms with Gasteiger partial charge in [0.2, 0.25) is 5.91 Å². The van der Waals surface area contributed by atoms with Gasteiger partial charge in [0, 0.05) is 16.3 Å². The number of carbonyl (C=O) groups is 2.